The zero-order valence-corrected chi connectivity index (χ0v) is 13.5. The predicted octanol–water partition coefficient (Wildman–Crippen LogP) is 1.31. The normalized spacial score (nSPS) is 23.6. The second-order valence-corrected chi connectivity index (χ2v) is 6.22. The molecule has 1 aromatic carbocycles. The van der Waals surface area contributed by atoms with Gasteiger partial charge in [-0.1, -0.05) is 18.2 Å². The highest BCUT2D eigenvalue weighted by molar-refractivity contribution is 5.97. The van der Waals surface area contributed by atoms with Crippen molar-refractivity contribution in [2.75, 3.05) is 26.2 Å². The van der Waals surface area contributed by atoms with Crippen LogP contribution in [0.3, 0.4) is 0 Å². The fourth-order valence-corrected chi connectivity index (χ4v) is 3.61. The third-order valence-corrected chi connectivity index (χ3v) is 4.84. The lowest BCUT2D eigenvalue weighted by atomic mass is 10.1. The molecule has 1 aromatic heterocycles. The Morgan fingerprint density at radius 1 is 1.33 bits per heavy atom. The number of likely N-dealkylation sites (N-methyl/N-ethyl adjacent to an activating group) is 1. The van der Waals surface area contributed by atoms with Crippen LogP contribution in [0, 0.1) is 0 Å². The summed E-state index contributed by atoms with van der Waals surface area (Å²) in [6.45, 7) is 3.73. The van der Waals surface area contributed by atoms with Gasteiger partial charge in [0.25, 0.3) is 5.91 Å². The standard InChI is InChI=1S/C18H19N3O3/c1-2-21-15-9-20(10-16(15)24-11-17(21)22)18(23)13-7-12-5-3-4-6-14(12)19-8-13/h3-8,15-16H,2,9-11H2,1H3/t15-,16-/m0/s1. The van der Waals surface area contributed by atoms with Gasteiger partial charge in [-0.3, -0.25) is 14.6 Å². The first-order valence-corrected chi connectivity index (χ1v) is 8.22. The van der Waals surface area contributed by atoms with Crippen molar-refractivity contribution >= 4 is 22.7 Å². The third kappa shape index (κ3) is 2.43. The van der Waals surface area contributed by atoms with Crippen molar-refractivity contribution in [1.29, 1.82) is 0 Å². The monoisotopic (exact) mass is 325 g/mol. The Balaban J connectivity index is 1.57. The van der Waals surface area contributed by atoms with Crippen LogP contribution in [0.5, 0.6) is 0 Å². The number of likely N-dealkylation sites (tertiary alicyclic amines) is 1. The Morgan fingerprint density at radius 3 is 3.00 bits per heavy atom. The first kappa shape index (κ1) is 15.1. The van der Waals surface area contributed by atoms with Gasteiger partial charge in [-0.2, -0.15) is 0 Å². The number of ether oxygens (including phenoxy) is 1. The van der Waals surface area contributed by atoms with Crippen molar-refractivity contribution in [3.8, 4) is 0 Å². The predicted molar refractivity (Wildman–Crippen MR) is 88.6 cm³/mol. The van der Waals surface area contributed by atoms with Gasteiger partial charge in [0.2, 0.25) is 5.91 Å². The van der Waals surface area contributed by atoms with Crippen LogP contribution in [-0.4, -0.2) is 65.0 Å². The van der Waals surface area contributed by atoms with E-state index in [2.05, 4.69) is 4.98 Å². The number of rotatable bonds is 2. The van der Waals surface area contributed by atoms with Crippen LogP contribution in [0.15, 0.2) is 36.5 Å². The Kier molecular flexibility index (Phi) is 3.69. The van der Waals surface area contributed by atoms with Crippen LogP contribution >= 0.6 is 0 Å². The molecule has 24 heavy (non-hydrogen) atoms. The van der Waals surface area contributed by atoms with Crippen LogP contribution in [0.4, 0.5) is 0 Å². The molecule has 0 aliphatic carbocycles. The molecule has 6 nitrogen and oxygen atoms in total. The summed E-state index contributed by atoms with van der Waals surface area (Å²) in [6, 6.07) is 9.55. The topological polar surface area (TPSA) is 62.7 Å². The number of aromatic nitrogens is 1. The van der Waals surface area contributed by atoms with Gasteiger partial charge in [0.15, 0.2) is 0 Å². The highest BCUT2D eigenvalue weighted by Crippen LogP contribution is 2.25. The van der Waals surface area contributed by atoms with Gasteiger partial charge in [0.05, 0.1) is 23.2 Å². The van der Waals surface area contributed by atoms with Crippen molar-refractivity contribution in [3.05, 3.63) is 42.1 Å². The van der Waals surface area contributed by atoms with Gasteiger partial charge in [0, 0.05) is 31.2 Å². The van der Waals surface area contributed by atoms with E-state index in [0.717, 1.165) is 10.9 Å². The molecule has 3 heterocycles. The van der Waals surface area contributed by atoms with E-state index in [9.17, 15) is 9.59 Å². The molecule has 0 unspecified atom stereocenters. The van der Waals surface area contributed by atoms with E-state index in [-0.39, 0.29) is 30.6 Å². The smallest absolute Gasteiger partial charge is 0.255 e. The molecule has 2 aliphatic rings. The van der Waals surface area contributed by atoms with Gasteiger partial charge in [-0.25, -0.2) is 0 Å². The van der Waals surface area contributed by atoms with E-state index in [1.54, 1.807) is 11.1 Å². The number of fused-ring (bicyclic) bond motifs is 2. The average Bonchev–Trinajstić information content (AvgIpc) is 3.05. The maximum atomic E-state index is 12.8. The molecule has 124 valence electrons. The van der Waals surface area contributed by atoms with Crippen LogP contribution in [0.1, 0.15) is 17.3 Å². The molecular weight excluding hydrogens is 306 g/mol. The quantitative estimate of drug-likeness (QED) is 0.835. The summed E-state index contributed by atoms with van der Waals surface area (Å²) in [5.74, 6) is -0.0600. The Hall–Kier alpha value is -2.47. The molecule has 0 radical (unpaired) electrons. The van der Waals surface area contributed by atoms with Crippen LogP contribution in [-0.2, 0) is 9.53 Å². The largest absolute Gasteiger partial charge is 0.364 e. The minimum Gasteiger partial charge on any atom is -0.364 e. The summed E-state index contributed by atoms with van der Waals surface area (Å²) >= 11 is 0. The summed E-state index contributed by atoms with van der Waals surface area (Å²) in [5, 5.41) is 0.946. The maximum absolute atomic E-state index is 12.8. The van der Waals surface area contributed by atoms with Gasteiger partial charge in [0.1, 0.15) is 6.61 Å². The molecule has 0 N–H and O–H groups in total. The number of carbonyl (C=O) groups excluding carboxylic acids is 2. The molecule has 0 bridgehead atoms. The lowest BCUT2D eigenvalue weighted by Gasteiger charge is -2.35. The number of morpholine rings is 1. The Bertz CT molecular complexity index is 807. The van der Waals surface area contributed by atoms with Crippen molar-refractivity contribution in [3.63, 3.8) is 0 Å². The van der Waals surface area contributed by atoms with Gasteiger partial charge >= 0.3 is 0 Å². The molecule has 2 aromatic rings. The zero-order valence-electron chi connectivity index (χ0n) is 13.5. The molecular formula is C18H19N3O3. The first-order chi connectivity index (χ1) is 11.7. The first-order valence-electron chi connectivity index (χ1n) is 8.22. The minimum atomic E-state index is -0.0972. The number of pyridine rings is 1. The maximum Gasteiger partial charge on any atom is 0.255 e. The molecule has 6 heteroatoms. The zero-order chi connectivity index (χ0) is 16.7. The lowest BCUT2D eigenvalue weighted by molar-refractivity contribution is -0.152. The van der Waals surface area contributed by atoms with E-state index >= 15 is 0 Å². The molecule has 0 saturated carbocycles. The second-order valence-electron chi connectivity index (χ2n) is 6.22. The number of benzene rings is 1. The van der Waals surface area contributed by atoms with Crippen LogP contribution in [0.25, 0.3) is 10.9 Å². The van der Waals surface area contributed by atoms with Crippen molar-refractivity contribution in [1.82, 2.24) is 14.8 Å². The molecule has 2 amide bonds. The number of amides is 2. The number of para-hydroxylation sites is 1. The van der Waals surface area contributed by atoms with Crippen molar-refractivity contribution in [2.45, 2.75) is 19.1 Å². The summed E-state index contributed by atoms with van der Waals surface area (Å²) in [5.41, 5.74) is 1.44. The molecule has 4 rings (SSSR count). The van der Waals surface area contributed by atoms with E-state index < -0.39 is 0 Å². The van der Waals surface area contributed by atoms with E-state index in [4.69, 9.17) is 4.74 Å². The molecule has 0 spiro atoms. The fraction of sp³-hybridized carbons (Fsp3) is 0.389. The SMILES string of the molecule is CCN1C(=O)CO[C@H]2CN(C(=O)c3cnc4ccccc4c3)C[C@@H]21. The van der Waals surface area contributed by atoms with Gasteiger partial charge < -0.3 is 14.5 Å². The lowest BCUT2D eigenvalue weighted by Crippen LogP contribution is -2.53. The summed E-state index contributed by atoms with van der Waals surface area (Å²) in [7, 11) is 0. The highest BCUT2D eigenvalue weighted by Gasteiger charge is 2.44. The van der Waals surface area contributed by atoms with Gasteiger partial charge in [-0.15, -0.1) is 0 Å². The van der Waals surface area contributed by atoms with Crippen LogP contribution in [0.2, 0.25) is 0 Å². The Morgan fingerprint density at radius 2 is 2.17 bits per heavy atom. The average molecular weight is 325 g/mol. The summed E-state index contributed by atoms with van der Waals surface area (Å²) in [4.78, 5) is 32.7. The number of nitrogens with zero attached hydrogens (tertiary/aromatic N) is 3. The van der Waals surface area contributed by atoms with Crippen LogP contribution < -0.4 is 0 Å². The third-order valence-electron chi connectivity index (χ3n) is 4.84. The van der Waals surface area contributed by atoms with E-state index in [0.29, 0.717) is 25.2 Å². The van der Waals surface area contributed by atoms with Crippen molar-refractivity contribution < 1.29 is 14.3 Å². The number of carbonyl (C=O) groups is 2. The number of hydrogen-bond donors (Lipinski definition) is 0. The minimum absolute atomic E-state index is 0.000390. The molecule has 2 aliphatic heterocycles. The van der Waals surface area contributed by atoms with Gasteiger partial charge in [-0.05, 0) is 19.1 Å². The fourth-order valence-electron chi connectivity index (χ4n) is 3.61. The molecule has 2 saturated heterocycles. The molecule has 2 fully saturated rings. The van der Waals surface area contributed by atoms with E-state index in [1.165, 1.54) is 0 Å². The van der Waals surface area contributed by atoms with E-state index in [1.807, 2.05) is 42.2 Å². The number of hydrogen-bond acceptors (Lipinski definition) is 4. The highest BCUT2D eigenvalue weighted by atomic mass is 16.5. The summed E-state index contributed by atoms with van der Waals surface area (Å²) in [6.07, 6.45) is 1.52. The summed E-state index contributed by atoms with van der Waals surface area (Å²) < 4.78 is 5.63. The van der Waals surface area contributed by atoms with Crippen molar-refractivity contribution in [2.24, 2.45) is 0 Å². The molecule has 2 atom stereocenters. The Labute approximate surface area is 140 Å². The second kappa shape index (κ2) is 5.87.